The first-order valence-electron chi connectivity index (χ1n) is 10.4. The fraction of sp³-hybridized carbons (Fsp3) is 0.650. The number of nitrogens with zero attached hydrogens (tertiary/aromatic N) is 2. The maximum absolute atomic E-state index is 13.0. The van der Waals surface area contributed by atoms with E-state index < -0.39 is 10.0 Å². The molecule has 2 heterocycles. The fourth-order valence-corrected chi connectivity index (χ4v) is 5.66. The van der Waals surface area contributed by atoms with Crippen molar-refractivity contribution in [1.29, 1.82) is 0 Å². The Bertz CT molecular complexity index is 846. The number of hydrogen-bond acceptors (Lipinski definition) is 6. The Kier molecular flexibility index (Phi) is 5.98. The van der Waals surface area contributed by atoms with Gasteiger partial charge < -0.3 is 14.8 Å². The maximum atomic E-state index is 13.0. The second-order valence-electron chi connectivity index (χ2n) is 7.91. The molecule has 2 aliphatic heterocycles. The smallest absolute Gasteiger partial charge is 0.243 e. The SMILES string of the molecule is C[C@@H](C(=O)NC1CCCC1)N1CCN(S(=O)(=O)c2ccc3c(c2)OCCO3)CC1. The van der Waals surface area contributed by atoms with Crippen LogP contribution in [-0.2, 0) is 14.8 Å². The molecule has 2 fully saturated rings. The lowest BCUT2D eigenvalue weighted by Crippen LogP contribution is -2.55. The maximum Gasteiger partial charge on any atom is 0.243 e. The van der Waals surface area contributed by atoms with Crippen LogP contribution in [0.2, 0.25) is 0 Å². The van der Waals surface area contributed by atoms with Crippen LogP contribution < -0.4 is 14.8 Å². The Hall–Kier alpha value is -1.84. The standard InChI is InChI=1S/C20H29N3O5S/c1-15(20(24)21-16-4-2-3-5-16)22-8-10-23(11-9-22)29(25,26)17-6-7-18-19(14-17)28-13-12-27-18/h6-7,14-16H,2-5,8-13H2,1H3,(H,21,24)/t15-/m0/s1. The molecule has 0 bridgehead atoms. The summed E-state index contributed by atoms with van der Waals surface area (Å²) in [7, 11) is -3.61. The highest BCUT2D eigenvalue weighted by molar-refractivity contribution is 7.89. The molecular formula is C20H29N3O5S. The number of carbonyl (C=O) groups excluding carboxylic acids is 1. The van der Waals surface area contributed by atoms with Crippen LogP contribution in [0.1, 0.15) is 32.6 Å². The Balaban J connectivity index is 1.36. The molecule has 1 aromatic carbocycles. The van der Waals surface area contributed by atoms with Crippen molar-refractivity contribution in [3.8, 4) is 11.5 Å². The number of ether oxygens (including phenoxy) is 2. The molecule has 29 heavy (non-hydrogen) atoms. The van der Waals surface area contributed by atoms with Crippen LogP contribution in [0.4, 0.5) is 0 Å². The lowest BCUT2D eigenvalue weighted by Gasteiger charge is -2.37. The summed E-state index contributed by atoms with van der Waals surface area (Å²) in [4.78, 5) is 14.8. The normalized spacial score (nSPS) is 22.4. The zero-order chi connectivity index (χ0) is 20.4. The predicted molar refractivity (Wildman–Crippen MR) is 108 cm³/mol. The second-order valence-corrected chi connectivity index (χ2v) is 9.85. The summed E-state index contributed by atoms with van der Waals surface area (Å²) in [6, 6.07) is 4.78. The lowest BCUT2D eigenvalue weighted by molar-refractivity contribution is -0.127. The molecule has 0 spiro atoms. The van der Waals surface area contributed by atoms with Crippen molar-refractivity contribution in [1.82, 2.24) is 14.5 Å². The first kappa shape index (κ1) is 20.4. The molecule has 1 saturated heterocycles. The summed E-state index contributed by atoms with van der Waals surface area (Å²) in [5.74, 6) is 1.08. The van der Waals surface area contributed by atoms with Gasteiger partial charge in [0.25, 0.3) is 0 Å². The molecule has 1 atom stereocenters. The fourth-order valence-electron chi connectivity index (χ4n) is 4.22. The Morgan fingerprint density at radius 2 is 1.72 bits per heavy atom. The quantitative estimate of drug-likeness (QED) is 0.766. The number of nitrogens with one attached hydrogen (secondary N) is 1. The van der Waals surface area contributed by atoms with Crippen LogP contribution in [-0.4, -0.2) is 75.0 Å². The molecule has 1 N–H and O–H groups in total. The van der Waals surface area contributed by atoms with Gasteiger partial charge in [-0.3, -0.25) is 9.69 Å². The van der Waals surface area contributed by atoms with Gasteiger partial charge in [0.05, 0.1) is 10.9 Å². The van der Waals surface area contributed by atoms with E-state index in [1.165, 1.54) is 23.2 Å². The van der Waals surface area contributed by atoms with Gasteiger partial charge in [-0.2, -0.15) is 4.31 Å². The molecule has 1 aliphatic carbocycles. The number of hydrogen-bond donors (Lipinski definition) is 1. The number of fused-ring (bicyclic) bond motifs is 1. The van der Waals surface area contributed by atoms with Crippen LogP contribution >= 0.6 is 0 Å². The summed E-state index contributed by atoms with van der Waals surface area (Å²) in [5, 5.41) is 3.13. The van der Waals surface area contributed by atoms with Crippen molar-refractivity contribution in [2.45, 2.75) is 49.6 Å². The third-order valence-electron chi connectivity index (χ3n) is 6.05. The number of piperazine rings is 1. The largest absolute Gasteiger partial charge is 0.486 e. The minimum Gasteiger partial charge on any atom is -0.486 e. The third kappa shape index (κ3) is 4.36. The van der Waals surface area contributed by atoms with E-state index in [9.17, 15) is 13.2 Å². The molecule has 4 rings (SSSR count). The Morgan fingerprint density at radius 1 is 1.07 bits per heavy atom. The highest BCUT2D eigenvalue weighted by Gasteiger charge is 2.33. The molecule has 1 saturated carbocycles. The minimum atomic E-state index is -3.61. The number of amides is 1. The van der Waals surface area contributed by atoms with E-state index in [0.717, 1.165) is 12.8 Å². The van der Waals surface area contributed by atoms with Gasteiger partial charge in [0, 0.05) is 38.3 Å². The average Bonchev–Trinajstić information content (AvgIpc) is 3.26. The van der Waals surface area contributed by atoms with Gasteiger partial charge in [-0.1, -0.05) is 12.8 Å². The van der Waals surface area contributed by atoms with Crippen LogP contribution in [0.5, 0.6) is 11.5 Å². The van der Waals surface area contributed by atoms with Crippen LogP contribution in [0, 0.1) is 0 Å². The zero-order valence-corrected chi connectivity index (χ0v) is 17.6. The van der Waals surface area contributed by atoms with Gasteiger partial charge in [0.2, 0.25) is 15.9 Å². The molecule has 1 amide bonds. The second kappa shape index (κ2) is 8.49. The first-order chi connectivity index (χ1) is 13.9. The summed E-state index contributed by atoms with van der Waals surface area (Å²) < 4.78 is 38.6. The van der Waals surface area contributed by atoms with Gasteiger partial charge in [0.15, 0.2) is 11.5 Å². The highest BCUT2D eigenvalue weighted by atomic mass is 32.2. The summed E-state index contributed by atoms with van der Waals surface area (Å²) in [5.41, 5.74) is 0. The van der Waals surface area contributed by atoms with E-state index in [0.29, 0.717) is 56.9 Å². The van der Waals surface area contributed by atoms with E-state index in [4.69, 9.17) is 9.47 Å². The van der Waals surface area contributed by atoms with Gasteiger partial charge in [-0.05, 0) is 31.9 Å². The molecule has 1 aromatic rings. The molecular weight excluding hydrogens is 394 g/mol. The lowest BCUT2D eigenvalue weighted by atomic mass is 10.2. The van der Waals surface area contributed by atoms with E-state index in [2.05, 4.69) is 10.2 Å². The van der Waals surface area contributed by atoms with E-state index in [1.807, 2.05) is 6.92 Å². The van der Waals surface area contributed by atoms with Crippen LogP contribution in [0.15, 0.2) is 23.1 Å². The molecule has 0 unspecified atom stereocenters. The first-order valence-corrected chi connectivity index (χ1v) is 11.8. The van der Waals surface area contributed by atoms with Crippen molar-refractivity contribution >= 4 is 15.9 Å². The van der Waals surface area contributed by atoms with Crippen LogP contribution in [0.25, 0.3) is 0 Å². The van der Waals surface area contributed by atoms with Gasteiger partial charge in [-0.15, -0.1) is 0 Å². The summed E-state index contributed by atoms with van der Waals surface area (Å²) in [6.07, 6.45) is 4.46. The predicted octanol–water partition coefficient (Wildman–Crippen LogP) is 1.21. The van der Waals surface area contributed by atoms with Gasteiger partial charge in [0.1, 0.15) is 13.2 Å². The minimum absolute atomic E-state index is 0.0417. The molecule has 0 radical (unpaired) electrons. The monoisotopic (exact) mass is 423 g/mol. The third-order valence-corrected chi connectivity index (χ3v) is 7.95. The topological polar surface area (TPSA) is 88.2 Å². The Labute approximate surface area is 172 Å². The van der Waals surface area contributed by atoms with Crippen molar-refractivity contribution in [3.05, 3.63) is 18.2 Å². The van der Waals surface area contributed by atoms with Crippen molar-refractivity contribution in [2.75, 3.05) is 39.4 Å². The van der Waals surface area contributed by atoms with E-state index >= 15 is 0 Å². The molecule has 0 aromatic heterocycles. The van der Waals surface area contributed by atoms with E-state index in [-0.39, 0.29) is 16.8 Å². The average molecular weight is 424 g/mol. The Morgan fingerprint density at radius 3 is 2.41 bits per heavy atom. The van der Waals surface area contributed by atoms with Crippen LogP contribution in [0.3, 0.4) is 0 Å². The van der Waals surface area contributed by atoms with Gasteiger partial charge in [-0.25, -0.2) is 8.42 Å². The zero-order valence-electron chi connectivity index (χ0n) is 16.8. The molecule has 8 nitrogen and oxygen atoms in total. The number of rotatable bonds is 5. The van der Waals surface area contributed by atoms with Crippen molar-refractivity contribution < 1.29 is 22.7 Å². The molecule has 9 heteroatoms. The number of sulfonamides is 1. The number of benzene rings is 1. The van der Waals surface area contributed by atoms with Crippen molar-refractivity contribution in [2.24, 2.45) is 0 Å². The molecule has 3 aliphatic rings. The number of carbonyl (C=O) groups is 1. The van der Waals surface area contributed by atoms with Crippen molar-refractivity contribution in [3.63, 3.8) is 0 Å². The summed E-state index contributed by atoms with van der Waals surface area (Å²) >= 11 is 0. The summed E-state index contributed by atoms with van der Waals surface area (Å²) in [6.45, 7) is 4.56. The van der Waals surface area contributed by atoms with E-state index in [1.54, 1.807) is 12.1 Å². The highest BCUT2D eigenvalue weighted by Crippen LogP contribution is 2.33. The van der Waals surface area contributed by atoms with Gasteiger partial charge >= 0.3 is 0 Å². The molecule has 160 valence electrons.